The number of nitrogens with one attached hydrogen (secondary N) is 2. The number of H-pyrrole nitrogens is 1. The van der Waals surface area contributed by atoms with Crippen molar-refractivity contribution in [2.45, 2.75) is 6.42 Å². The summed E-state index contributed by atoms with van der Waals surface area (Å²) in [4.78, 5) is 28.9. The Morgan fingerprint density at radius 1 is 1.19 bits per heavy atom. The van der Waals surface area contributed by atoms with E-state index in [1.807, 2.05) is 18.3 Å². The minimum Gasteiger partial charge on any atom is -0.478 e. The smallest absolute Gasteiger partial charge is 0.335 e. The van der Waals surface area contributed by atoms with Crippen LogP contribution in [-0.4, -0.2) is 82.1 Å². The first-order valence-electron chi connectivity index (χ1n) is 10.7. The summed E-state index contributed by atoms with van der Waals surface area (Å²) in [6.45, 7) is 6.32. The van der Waals surface area contributed by atoms with Crippen LogP contribution >= 0.6 is 0 Å². The van der Waals surface area contributed by atoms with Crippen LogP contribution in [-0.2, 0) is 0 Å². The summed E-state index contributed by atoms with van der Waals surface area (Å²) in [7, 11) is 2.17. The lowest BCUT2D eigenvalue weighted by Gasteiger charge is -2.32. The summed E-state index contributed by atoms with van der Waals surface area (Å²) in [5, 5.41) is 15.8. The number of hydrogen-bond acceptors (Lipinski definition) is 6. The number of nitrogens with zero attached hydrogens (tertiary/aromatic N) is 4. The number of fused-ring (bicyclic) bond motifs is 5. The highest BCUT2D eigenvalue weighted by atomic mass is 16.4. The van der Waals surface area contributed by atoms with Gasteiger partial charge >= 0.3 is 5.97 Å². The third-order valence-corrected chi connectivity index (χ3v) is 6.12. The summed E-state index contributed by atoms with van der Waals surface area (Å²) >= 11 is 0. The summed E-state index contributed by atoms with van der Waals surface area (Å²) < 4.78 is 0. The first kappa shape index (κ1) is 19.7. The number of rotatable bonds is 6. The molecule has 3 aromatic heterocycles. The van der Waals surface area contributed by atoms with E-state index in [1.165, 1.54) is 0 Å². The van der Waals surface area contributed by atoms with Gasteiger partial charge in [0, 0.05) is 66.8 Å². The number of carbonyl (C=O) groups is 1. The third kappa shape index (κ3) is 3.80. The van der Waals surface area contributed by atoms with Gasteiger partial charge in [0.05, 0.1) is 16.6 Å². The van der Waals surface area contributed by atoms with Crippen LogP contribution in [0.15, 0.2) is 36.7 Å². The van der Waals surface area contributed by atoms with E-state index >= 15 is 0 Å². The number of carboxylic acid groups (broad SMARTS) is 1. The molecular formula is C23H26N6O2. The molecule has 1 saturated heterocycles. The van der Waals surface area contributed by atoms with Crippen molar-refractivity contribution in [3.8, 4) is 0 Å². The fraction of sp³-hybridized carbons (Fsp3) is 0.348. The number of aromatic carboxylic acids is 1. The van der Waals surface area contributed by atoms with Crippen LogP contribution < -0.4 is 5.32 Å². The number of piperazine rings is 1. The summed E-state index contributed by atoms with van der Waals surface area (Å²) in [6, 6.07) is 7.06. The average molecular weight is 419 g/mol. The molecule has 0 radical (unpaired) electrons. The molecule has 5 rings (SSSR count). The van der Waals surface area contributed by atoms with Gasteiger partial charge in [0.25, 0.3) is 0 Å². The SMILES string of the molecule is CN1CCN(CCCNc2nc3cc(C(=O)O)ccc3c3c2[nH]c2ccncc23)CC1. The zero-order valence-electron chi connectivity index (χ0n) is 17.6. The highest BCUT2D eigenvalue weighted by Gasteiger charge is 2.16. The van der Waals surface area contributed by atoms with Gasteiger partial charge in [-0.25, -0.2) is 9.78 Å². The number of aromatic nitrogens is 3. The van der Waals surface area contributed by atoms with Crippen molar-refractivity contribution in [1.82, 2.24) is 24.8 Å². The highest BCUT2D eigenvalue weighted by molar-refractivity contribution is 6.22. The number of pyridine rings is 2. The van der Waals surface area contributed by atoms with Crippen molar-refractivity contribution in [2.75, 3.05) is 51.6 Å². The number of aromatic amines is 1. The zero-order chi connectivity index (χ0) is 21.4. The molecule has 0 bridgehead atoms. The minimum absolute atomic E-state index is 0.235. The van der Waals surface area contributed by atoms with Gasteiger partial charge in [0.15, 0.2) is 5.82 Å². The monoisotopic (exact) mass is 418 g/mol. The largest absolute Gasteiger partial charge is 0.478 e. The molecule has 8 nitrogen and oxygen atoms in total. The molecule has 0 amide bonds. The Balaban J connectivity index is 1.46. The van der Waals surface area contributed by atoms with E-state index in [9.17, 15) is 9.90 Å². The van der Waals surface area contributed by atoms with Gasteiger partial charge in [0.1, 0.15) is 0 Å². The molecule has 3 N–H and O–H groups in total. The van der Waals surface area contributed by atoms with Crippen LogP contribution in [0.3, 0.4) is 0 Å². The first-order valence-corrected chi connectivity index (χ1v) is 10.7. The van der Waals surface area contributed by atoms with Crippen LogP contribution in [0.1, 0.15) is 16.8 Å². The Labute approximate surface area is 179 Å². The van der Waals surface area contributed by atoms with Gasteiger partial charge in [-0.05, 0) is 38.2 Å². The van der Waals surface area contributed by atoms with Crippen molar-refractivity contribution in [3.63, 3.8) is 0 Å². The number of anilines is 1. The van der Waals surface area contributed by atoms with Crippen LogP contribution in [0.5, 0.6) is 0 Å². The van der Waals surface area contributed by atoms with Gasteiger partial charge in [-0.3, -0.25) is 4.98 Å². The lowest BCUT2D eigenvalue weighted by molar-refractivity contribution is 0.0697. The first-order chi connectivity index (χ1) is 15.1. The van der Waals surface area contributed by atoms with E-state index in [1.54, 1.807) is 18.3 Å². The van der Waals surface area contributed by atoms with Crippen molar-refractivity contribution < 1.29 is 9.90 Å². The molecule has 1 aromatic carbocycles. The summed E-state index contributed by atoms with van der Waals surface area (Å²) in [5.41, 5.74) is 2.82. The second kappa shape index (κ2) is 8.13. The summed E-state index contributed by atoms with van der Waals surface area (Å²) in [6.07, 6.45) is 4.62. The Bertz CT molecular complexity index is 1260. The van der Waals surface area contributed by atoms with Crippen LogP contribution in [0.2, 0.25) is 0 Å². The van der Waals surface area contributed by atoms with E-state index in [-0.39, 0.29) is 5.56 Å². The third-order valence-electron chi connectivity index (χ3n) is 6.12. The number of benzene rings is 1. The van der Waals surface area contributed by atoms with Crippen molar-refractivity contribution in [1.29, 1.82) is 0 Å². The van der Waals surface area contributed by atoms with Gasteiger partial charge in [0.2, 0.25) is 0 Å². The van der Waals surface area contributed by atoms with E-state index < -0.39 is 5.97 Å². The van der Waals surface area contributed by atoms with E-state index in [0.29, 0.717) is 5.52 Å². The topological polar surface area (TPSA) is 97.4 Å². The quantitative estimate of drug-likeness (QED) is 0.414. The molecule has 0 atom stereocenters. The summed E-state index contributed by atoms with van der Waals surface area (Å²) in [5.74, 6) is -0.203. The van der Waals surface area contributed by atoms with Crippen LogP contribution in [0, 0.1) is 0 Å². The van der Waals surface area contributed by atoms with Crippen molar-refractivity contribution in [2.24, 2.45) is 0 Å². The normalized spacial score (nSPS) is 15.8. The molecule has 31 heavy (non-hydrogen) atoms. The zero-order valence-corrected chi connectivity index (χ0v) is 17.6. The molecule has 1 aliphatic rings. The Morgan fingerprint density at radius 3 is 2.84 bits per heavy atom. The Hall–Kier alpha value is -3.23. The van der Waals surface area contributed by atoms with Crippen LogP contribution in [0.25, 0.3) is 32.7 Å². The van der Waals surface area contributed by atoms with E-state index in [0.717, 1.165) is 78.7 Å². The maximum atomic E-state index is 11.5. The molecule has 0 saturated carbocycles. The second-order valence-corrected chi connectivity index (χ2v) is 8.22. The molecule has 0 unspecified atom stereocenters. The molecular weight excluding hydrogens is 392 g/mol. The number of carboxylic acids is 1. The molecule has 1 aliphatic heterocycles. The van der Waals surface area contributed by atoms with Crippen molar-refractivity contribution in [3.05, 3.63) is 42.2 Å². The maximum Gasteiger partial charge on any atom is 0.335 e. The molecule has 4 heterocycles. The molecule has 1 fully saturated rings. The van der Waals surface area contributed by atoms with E-state index in [4.69, 9.17) is 4.98 Å². The Morgan fingerprint density at radius 2 is 2.03 bits per heavy atom. The fourth-order valence-corrected chi connectivity index (χ4v) is 4.35. The maximum absolute atomic E-state index is 11.5. The van der Waals surface area contributed by atoms with Gasteiger partial charge < -0.3 is 25.2 Å². The van der Waals surface area contributed by atoms with E-state index in [2.05, 4.69) is 32.1 Å². The average Bonchev–Trinajstić information content (AvgIpc) is 3.17. The number of hydrogen-bond donors (Lipinski definition) is 3. The lowest BCUT2D eigenvalue weighted by Crippen LogP contribution is -2.44. The molecule has 4 aromatic rings. The van der Waals surface area contributed by atoms with Gasteiger partial charge in [-0.15, -0.1) is 0 Å². The highest BCUT2D eigenvalue weighted by Crippen LogP contribution is 2.35. The van der Waals surface area contributed by atoms with Gasteiger partial charge in [-0.2, -0.15) is 0 Å². The fourth-order valence-electron chi connectivity index (χ4n) is 4.35. The Kier molecular flexibility index (Phi) is 5.17. The lowest BCUT2D eigenvalue weighted by atomic mass is 10.1. The second-order valence-electron chi connectivity index (χ2n) is 8.22. The predicted octanol–water partition coefficient (Wildman–Crippen LogP) is 3.01. The van der Waals surface area contributed by atoms with Gasteiger partial charge in [-0.1, -0.05) is 6.07 Å². The molecule has 0 aliphatic carbocycles. The van der Waals surface area contributed by atoms with Crippen molar-refractivity contribution >= 4 is 44.5 Å². The minimum atomic E-state index is -0.953. The molecule has 8 heteroatoms. The number of likely N-dealkylation sites (N-methyl/N-ethyl adjacent to an activating group) is 1. The standard InChI is InChI=1S/C23H26N6O2/c1-28-9-11-29(12-10-28)8-2-6-25-22-21-20(17-14-24-7-5-18(17)26-21)16-4-3-15(23(30)31)13-19(16)27-22/h3-5,7,13-14,26H,2,6,8-12H2,1H3,(H,25,27)(H,30,31). The predicted molar refractivity (Wildman–Crippen MR) is 123 cm³/mol. The van der Waals surface area contributed by atoms with Crippen LogP contribution in [0.4, 0.5) is 5.82 Å². The molecule has 160 valence electrons. The molecule has 0 spiro atoms.